The number of hydrogen-bond acceptors (Lipinski definition) is 4. The summed E-state index contributed by atoms with van der Waals surface area (Å²) in [6.07, 6.45) is 4.75. The van der Waals surface area contributed by atoms with Gasteiger partial charge in [0.15, 0.2) is 0 Å². The molecule has 1 aliphatic rings. The fourth-order valence-electron chi connectivity index (χ4n) is 4.20. The Morgan fingerprint density at radius 2 is 1.56 bits per heavy atom. The number of aliphatic imine (C=N–C) groups is 1. The van der Waals surface area contributed by atoms with Crippen LogP contribution >= 0.6 is 12.2 Å². The maximum Gasteiger partial charge on any atom is 0.137 e. The summed E-state index contributed by atoms with van der Waals surface area (Å²) >= 11 is 4.58. The Morgan fingerprint density at radius 1 is 0.938 bits per heavy atom. The van der Waals surface area contributed by atoms with Gasteiger partial charge in [0.05, 0.1) is 27.8 Å². The first kappa shape index (κ1) is 22.1. The van der Waals surface area contributed by atoms with E-state index in [2.05, 4.69) is 39.5 Å². The number of halogens is 2. The van der Waals surface area contributed by atoms with Crippen molar-refractivity contribution < 1.29 is 8.78 Å². The van der Waals surface area contributed by atoms with E-state index in [1.807, 2.05) is 0 Å². The predicted octanol–water partition coefficient (Wildman–Crippen LogP) is 8.69. The molecule has 0 saturated heterocycles. The van der Waals surface area contributed by atoms with Gasteiger partial charge in [0, 0.05) is 0 Å². The van der Waals surface area contributed by atoms with Gasteiger partial charge in [0.1, 0.15) is 11.6 Å². The largest absolute Gasteiger partial charge is 0.206 e. The molecule has 0 aliphatic heterocycles. The molecule has 1 atom stereocenters. The zero-order chi connectivity index (χ0) is 22.5. The van der Waals surface area contributed by atoms with Crippen LogP contribution < -0.4 is 0 Å². The van der Waals surface area contributed by atoms with Gasteiger partial charge >= 0.3 is 0 Å². The van der Waals surface area contributed by atoms with Gasteiger partial charge in [-0.25, -0.2) is 8.78 Å². The molecule has 32 heavy (non-hydrogen) atoms. The zero-order valence-electron chi connectivity index (χ0n) is 17.8. The molecule has 0 amide bonds. The van der Waals surface area contributed by atoms with E-state index in [-0.39, 0.29) is 5.56 Å². The molecule has 1 unspecified atom stereocenters. The highest BCUT2D eigenvalue weighted by atomic mass is 32.1. The Balaban J connectivity index is 1.53. The molecule has 0 fully saturated rings. The summed E-state index contributed by atoms with van der Waals surface area (Å²) < 4.78 is 30.1. The van der Waals surface area contributed by atoms with E-state index in [4.69, 9.17) is 0 Å². The highest BCUT2D eigenvalue weighted by Gasteiger charge is 2.28. The van der Waals surface area contributed by atoms with Gasteiger partial charge in [-0.15, -0.1) is 0 Å². The van der Waals surface area contributed by atoms with Crippen LogP contribution in [0.3, 0.4) is 0 Å². The number of fused-ring (bicyclic) bond motifs is 1. The van der Waals surface area contributed by atoms with E-state index in [0.29, 0.717) is 40.5 Å². The first-order chi connectivity index (χ1) is 15.6. The minimum atomic E-state index is -0.508. The molecule has 0 saturated carbocycles. The summed E-state index contributed by atoms with van der Waals surface area (Å²) in [6.45, 7) is 2.15. The number of isothiocyanates is 1. The molecule has 0 bridgehead atoms. The van der Waals surface area contributed by atoms with E-state index in [1.54, 1.807) is 48.5 Å². The molecule has 3 nitrogen and oxygen atoms in total. The van der Waals surface area contributed by atoms with Gasteiger partial charge in [-0.2, -0.15) is 15.2 Å². The molecule has 162 valence electrons. The van der Waals surface area contributed by atoms with Crippen molar-refractivity contribution in [3.05, 3.63) is 77.4 Å². The number of thiocarbonyl (C=S) groups is 1. The van der Waals surface area contributed by atoms with Crippen LogP contribution in [0.15, 0.2) is 69.8 Å². The second kappa shape index (κ2) is 10.0. The molecule has 0 aromatic heterocycles. The van der Waals surface area contributed by atoms with Crippen LogP contribution in [0.4, 0.5) is 25.8 Å². The smallest absolute Gasteiger partial charge is 0.137 e. The minimum Gasteiger partial charge on any atom is -0.206 e. The number of rotatable bonds is 7. The van der Waals surface area contributed by atoms with E-state index in [1.165, 1.54) is 6.07 Å². The van der Waals surface area contributed by atoms with E-state index >= 15 is 4.39 Å². The SMILES string of the molecule is CCCCC1Cc2cc(F)c(-c3ccc(N=Nc4ccc(N=C=S)cc4)cc3)c(F)c2C1. The zero-order valence-corrected chi connectivity index (χ0v) is 18.6. The Morgan fingerprint density at radius 3 is 2.19 bits per heavy atom. The monoisotopic (exact) mass is 447 g/mol. The average molecular weight is 448 g/mol. The first-order valence-corrected chi connectivity index (χ1v) is 11.2. The molecule has 3 aromatic carbocycles. The van der Waals surface area contributed by atoms with Crippen LogP contribution in [0, 0.1) is 17.6 Å². The van der Waals surface area contributed by atoms with Gasteiger partial charge in [-0.3, -0.25) is 0 Å². The standard InChI is InChI=1S/C26H23F2N3S/c1-2-3-4-17-13-19-15-24(27)25(26(28)23(19)14-17)18-5-7-21(8-6-18)30-31-22-11-9-20(10-12-22)29-16-32/h5-12,15,17H,2-4,13-14H2,1H3. The Hall–Kier alpha value is -3.08. The number of azo groups is 1. The third kappa shape index (κ3) is 4.87. The second-order valence-corrected chi connectivity index (χ2v) is 8.25. The molecule has 1 aliphatic carbocycles. The quantitative estimate of drug-likeness (QED) is 0.203. The number of hydrogen-bond donors (Lipinski definition) is 0. The summed E-state index contributed by atoms with van der Waals surface area (Å²) in [4.78, 5) is 3.89. The third-order valence-electron chi connectivity index (χ3n) is 5.84. The molecule has 6 heteroatoms. The first-order valence-electron chi connectivity index (χ1n) is 10.8. The molecular formula is C26H23F2N3S. The van der Waals surface area contributed by atoms with Crippen LogP contribution in [-0.2, 0) is 12.8 Å². The predicted molar refractivity (Wildman–Crippen MR) is 128 cm³/mol. The second-order valence-electron chi connectivity index (χ2n) is 8.07. The van der Waals surface area contributed by atoms with Gasteiger partial charge in [0.25, 0.3) is 0 Å². The lowest BCUT2D eigenvalue weighted by Gasteiger charge is -2.10. The highest BCUT2D eigenvalue weighted by Crippen LogP contribution is 2.38. The van der Waals surface area contributed by atoms with Gasteiger partial charge in [-0.1, -0.05) is 31.9 Å². The number of unbranched alkanes of at least 4 members (excludes halogenated alkanes) is 1. The van der Waals surface area contributed by atoms with Crippen molar-refractivity contribution in [1.29, 1.82) is 0 Å². The fraction of sp³-hybridized carbons (Fsp3) is 0.269. The van der Waals surface area contributed by atoms with Crippen molar-refractivity contribution >= 4 is 34.4 Å². The van der Waals surface area contributed by atoms with Gasteiger partial charge in [0.2, 0.25) is 0 Å². The van der Waals surface area contributed by atoms with Gasteiger partial charge in [-0.05, 0) is 96.6 Å². The molecule has 0 radical (unpaired) electrons. The van der Waals surface area contributed by atoms with Crippen molar-refractivity contribution in [2.24, 2.45) is 21.1 Å². The van der Waals surface area contributed by atoms with E-state index in [9.17, 15) is 4.39 Å². The van der Waals surface area contributed by atoms with Crippen LogP contribution in [0.25, 0.3) is 11.1 Å². The van der Waals surface area contributed by atoms with Crippen molar-refractivity contribution in [2.45, 2.75) is 39.0 Å². The molecular weight excluding hydrogens is 424 g/mol. The number of benzene rings is 3. The average Bonchev–Trinajstić information content (AvgIpc) is 3.21. The summed E-state index contributed by atoms with van der Waals surface area (Å²) in [7, 11) is 0. The topological polar surface area (TPSA) is 37.1 Å². The lowest BCUT2D eigenvalue weighted by atomic mass is 9.98. The maximum atomic E-state index is 15.3. The van der Waals surface area contributed by atoms with Crippen LogP contribution in [-0.4, -0.2) is 5.16 Å². The van der Waals surface area contributed by atoms with Crippen molar-refractivity contribution in [2.75, 3.05) is 0 Å². The molecule has 0 spiro atoms. The molecule has 0 N–H and O–H groups in total. The van der Waals surface area contributed by atoms with Gasteiger partial charge < -0.3 is 0 Å². The normalized spacial score (nSPS) is 15.0. The summed E-state index contributed by atoms with van der Waals surface area (Å²) in [6, 6.07) is 15.4. The highest BCUT2D eigenvalue weighted by molar-refractivity contribution is 7.78. The molecule has 4 rings (SSSR count). The van der Waals surface area contributed by atoms with Crippen molar-refractivity contribution in [3.63, 3.8) is 0 Å². The van der Waals surface area contributed by atoms with Crippen molar-refractivity contribution in [3.8, 4) is 11.1 Å². The summed E-state index contributed by atoms with van der Waals surface area (Å²) in [5.41, 5.74) is 3.98. The Labute approximate surface area is 191 Å². The number of nitrogens with zero attached hydrogens (tertiary/aromatic N) is 3. The Bertz CT molecular complexity index is 1180. The summed E-state index contributed by atoms with van der Waals surface area (Å²) in [5, 5.41) is 10.7. The minimum absolute atomic E-state index is 0.0399. The van der Waals surface area contributed by atoms with Crippen LogP contribution in [0.5, 0.6) is 0 Å². The Kier molecular flexibility index (Phi) is 6.93. The molecule has 3 aromatic rings. The van der Waals surface area contributed by atoms with E-state index < -0.39 is 11.6 Å². The van der Waals surface area contributed by atoms with Crippen LogP contribution in [0.2, 0.25) is 0 Å². The van der Waals surface area contributed by atoms with Crippen LogP contribution in [0.1, 0.15) is 37.3 Å². The maximum absolute atomic E-state index is 15.3. The fourth-order valence-corrected chi connectivity index (χ4v) is 4.31. The lowest BCUT2D eigenvalue weighted by Crippen LogP contribution is -1.99. The molecule has 0 heterocycles. The third-order valence-corrected chi connectivity index (χ3v) is 5.93. The lowest BCUT2D eigenvalue weighted by molar-refractivity contribution is 0.484. The van der Waals surface area contributed by atoms with E-state index in [0.717, 1.165) is 31.2 Å². The van der Waals surface area contributed by atoms with Crippen molar-refractivity contribution in [1.82, 2.24) is 0 Å². The summed E-state index contributed by atoms with van der Waals surface area (Å²) in [5.74, 6) is -0.523.